The van der Waals surface area contributed by atoms with Crippen LogP contribution in [-0.2, 0) is 0 Å². The molecular weight excluding hydrogens is 264 g/mol. The molecule has 3 rings (SSSR count). The summed E-state index contributed by atoms with van der Waals surface area (Å²) in [7, 11) is 1.60. The number of aromatic amines is 1. The summed E-state index contributed by atoms with van der Waals surface area (Å²) in [5, 5.41) is 7.15. The average Bonchev–Trinajstić information content (AvgIpc) is 2.89. The third kappa shape index (κ3) is 2.23. The van der Waals surface area contributed by atoms with Gasteiger partial charge in [-0.25, -0.2) is 4.98 Å². The highest BCUT2D eigenvalue weighted by Gasteiger charge is 2.19. The van der Waals surface area contributed by atoms with E-state index in [0.29, 0.717) is 11.7 Å². The fraction of sp³-hybridized carbons (Fsp3) is 0.125. The van der Waals surface area contributed by atoms with Crippen molar-refractivity contribution >= 4 is 5.82 Å². The Labute approximate surface area is 122 Å². The van der Waals surface area contributed by atoms with Crippen LogP contribution in [0.1, 0.15) is 5.56 Å². The Morgan fingerprint density at radius 2 is 1.86 bits per heavy atom. The monoisotopic (exact) mass is 280 g/mol. The molecular formula is C16H16N4O. The van der Waals surface area contributed by atoms with Crippen LogP contribution in [0.3, 0.4) is 0 Å². The lowest BCUT2D eigenvalue weighted by atomic mass is 9.97. The summed E-state index contributed by atoms with van der Waals surface area (Å²) in [6.07, 6.45) is 1.69. The molecule has 0 unspecified atom stereocenters. The molecule has 0 saturated carbocycles. The number of pyridine rings is 1. The minimum atomic E-state index is 0.463. The van der Waals surface area contributed by atoms with Crippen molar-refractivity contribution in [3.63, 3.8) is 0 Å². The maximum atomic E-state index is 6.07. The Bertz CT molecular complexity index is 779. The first-order valence-electron chi connectivity index (χ1n) is 6.61. The fourth-order valence-corrected chi connectivity index (χ4v) is 2.42. The van der Waals surface area contributed by atoms with Gasteiger partial charge in [0.05, 0.1) is 23.9 Å². The molecule has 5 heteroatoms. The third-order valence-corrected chi connectivity index (χ3v) is 3.44. The highest BCUT2D eigenvalue weighted by atomic mass is 16.5. The summed E-state index contributed by atoms with van der Waals surface area (Å²) < 4.78 is 5.33. The van der Waals surface area contributed by atoms with Crippen molar-refractivity contribution in [3.8, 4) is 28.3 Å². The molecule has 2 aromatic heterocycles. The van der Waals surface area contributed by atoms with E-state index >= 15 is 0 Å². The lowest BCUT2D eigenvalue weighted by Crippen LogP contribution is -1.94. The van der Waals surface area contributed by atoms with Gasteiger partial charge in [-0.05, 0) is 30.2 Å². The molecule has 21 heavy (non-hydrogen) atoms. The van der Waals surface area contributed by atoms with Crippen molar-refractivity contribution in [2.45, 2.75) is 6.92 Å². The van der Waals surface area contributed by atoms with Crippen LogP contribution in [0, 0.1) is 6.92 Å². The van der Waals surface area contributed by atoms with Crippen molar-refractivity contribution in [2.24, 2.45) is 0 Å². The quantitative estimate of drug-likeness (QED) is 0.773. The number of aryl methyl sites for hydroxylation is 1. The molecule has 0 aliphatic heterocycles. The molecule has 0 fully saturated rings. The number of hydrogen-bond donors (Lipinski definition) is 2. The average molecular weight is 280 g/mol. The number of ether oxygens (including phenoxy) is 1. The number of aromatic nitrogens is 3. The van der Waals surface area contributed by atoms with Gasteiger partial charge in [0.25, 0.3) is 0 Å². The molecule has 0 radical (unpaired) electrons. The number of anilines is 1. The number of rotatable bonds is 3. The first kappa shape index (κ1) is 13.2. The van der Waals surface area contributed by atoms with Gasteiger partial charge in [0.1, 0.15) is 0 Å². The lowest BCUT2D eigenvalue weighted by molar-refractivity contribution is 0.399. The molecule has 3 N–H and O–H groups in total. The van der Waals surface area contributed by atoms with Crippen molar-refractivity contribution in [3.05, 3.63) is 48.2 Å². The van der Waals surface area contributed by atoms with Crippen molar-refractivity contribution < 1.29 is 4.74 Å². The number of nitrogens with zero attached hydrogens (tertiary/aromatic N) is 2. The van der Waals surface area contributed by atoms with E-state index in [4.69, 9.17) is 10.5 Å². The Balaban J connectivity index is 2.25. The van der Waals surface area contributed by atoms with E-state index in [0.717, 1.165) is 27.9 Å². The zero-order valence-corrected chi connectivity index (χ0v) is 11.9. The van der Waals surface area contributed by atoms with Crippen LogP contribution in [-0.4, -0.2) is 22.3 Å². The number of H-pyrrole nitrogens is 1. The van der Waals surface area contributed by atoms with E-state index < -0.39 is 0 Å². The Kier molecular flexibility index (Phi) is 3.31. The van der Waals surface area contributed by atoms with E-state index in [1.807, 2.05) is 43.3 Å². The molecule has 2 heterocycles. The van der Waals surface area contributed by atoms with Crippen molar-refractivity contribution in [1.82, 2.24) is 15.2 Å². The first-order chi connectivity index (χ1) is 10.2. The molecule has 5 nitrogen and oxygen atoms in total. The van der Waals surface area contributed by atoms with Crippen molar-refractivity contribution in [1.29, 1.82) is 0 Å². The maximum Gasteiger partial charge on any atom is 0.222 e. The summed E-state index contributed by atoms with van der Waals surface area (Å²) in [5.74, 6) is 1.00. The zero-order chi connectivity index (χ0) is 14.8. The number of hydrogen-bond acceptors (Lipinski definition) is 4. The van der Waals surface area contributed by atoms with Gasteiger partial charge in [-0.2, -0.15) is 5.10 Å². The molecule has 0 aliphatic carbocycles. The number of nitrogen functional groups attached to an aromatic ring is 1. The molecule has 106 valence electrons. The number of nitrogens with two attached hydrogens (primary N) is 1. The fourth-order valence-electron chi connectivity index (χ4n) is 2.42. The third-order valence-electron chi connectivity index (χ3n) is 3.44. The van der Waals surface area contributed by atoms with Crippen LogP contribution in [0.5, 0.6) is 5.88 Å². The second-order valence-electron chi connectivity index (χ2n) is 4.73. The number of nitrogens with one attached hydrogen (secondary N) is 1. The smallest absolute Gasteiger partial charge is 0.222 e. The van der Waals surface area contributed by atoms with Crippen LogP contribution in [0.4, 0.5) is 5.82 Å². The Morgan fingerprint density at radius 1 is 1.10 bits per heavy atom. The SMILES string of the molecule is COc1ncccc1-c1[nH]nc(N)c1-c1ccccc1C. The van der Waals surface area contributed by atoms with Gasteiger partial charge in [-0.3, -0.25) is 5.10 Å². The molecule has 0 atom stereocenters. The molecule has 3 aromatic rings. The molecule has 1 aromatic carbocycles. The summed E-state index contributed by atoms with van der Waals surface area (Å²) in [5.41, 5.74) is 10.8. The Hall–Kier alpha value is -2.82. The molecule has 0 spiro atoms. The first-order valence-corrected chi connectivity index (χ1v) is 6.61. The van der Waals surface area contributed by atoms with E-state index in [9.17, 15) is 0 Å². The molecule has 0 saturated heterocycles. The minimum Gasteiger partial charge on any atom is -0.481 e. The van der Waals surface area contributed by atoms with Gasteiger partial charge < -0.3 is 10.5 Å². The van der Waals surface area contributed by atoms with Crippen molar-refractivity contribution in [2.75, 3.05) is 12.8 Å². The predicted molar refractivity (Wildman–Crippen MR) is 83.0 cm³/mol. The summed E-state index contributed by atoms with van der Waals surface area (Å²) in [6, 6.07) is 11.9. The van der Waals surface area contributed by atoms with Crippen LogP contribution < -0.4 is 10.5 Å². The zero-order valence-electron chi connectivity index (χ0n) is 11.9. The summed E-state index contributed by atoms with van der Waals surface area (Å²) in [6.45, 7) is 2.05. The molecule has 0 aliphatic rings. The number of methoxy groups -OCH3 is 1. The molecule has 0 amide bonds. The summed E-state index contributed by atoms with van der Waals surface area (Å²) in [4.78, 5) is 4.23. The second-order valence-corrected chi connectivity index (χ2v) is 4.73. The van der Waals surface area contributed by atoms with Crippen LogP contribution in [0.15, 0.2) is 42.6 Å². The van der Waals surface area contributed by atoms with Gasteiger partial charge in [0.2, 0.25) is 5.88 Å². The highest BCUT2D eigenvalue weighted by molar-refractivity contribution is 5.90. The van der Waals surface area contributed by atoms with Gasteiger partial charge in [-0.1, -0.05) is 24.3 Å². The van der Waals surface area contributed by atoms with E-state index in [2.05, 4.69) is 15.2 Å². The standard InChI is InChI=1S/C16H16N4O/c1-10-6-3-4-7-11(10)13-14(19-20-15(13)17)12-8-5-9-18-16(12)21-2/h3-9H,1-2H3,(H3,17,19,20). The normalized spacial score (nSPS) is 10.6. The topological polar surface area (TPSA) is 76.8 Å². The van der Waals surface area contributed by atoms with E-state index in [-0.39, 0.29) is 0 Å². The highest BCUT2D eigenvalue weighted by Crippen LogP contribution is 2.38. The summed E-state index contributed by atoms with van der Waals surface area (Å²) >= 11 is 0. The maximum absolute atomic E-state index is 6.07. The van der Waals surface area contributed by atoms with Gasteiger partial charge >= 0.3 is 0 Å². The number of benzene rings is 1. The lowest BCUT2D eigenvalue weighted by Gasteiger charge is -2.10. The largest absolute Gasteiger partial charge is 0.481 e. The van der Waals surface area contributed by atoms with Gasteiger partial charge in [0, 0.05) is 6.20 Å². The van der Waals surface area contributed by atoms with Gasteiger partial charge in [-0.15, -0.1) is 0 Å². The van der Waals surface area contributed by atoms with E-state index in [1.165, 1.54) is 0 Å². The second kappa shape index (κ2) is 5.28. The van der Waals surface area contributed by atoms with E-state index in [1.54, 1.807) is 13.3 Å². The van der Waals surface area contributed by atoms with Gasteiger partial charge in [0.15, 0.2) is 5.82 Å². The molecule has 0 bridgehead atoms. The van der Waals surface area contributed by atoms with Crippen LogP contribution >= 0.6 is 0 Å². The predicted octanol–water partition coefficient (Wildman–Crippen LogP) is 3.04. The Morgan fingerprint density at radius 3 is 2.62 bits per heavy atom. The van der Waals surface area contributed by atoms with Crippen LogP contribution in [0.2, 0.25) is 0 Å². The minimum absolute atomic E-state index is 0.463. The van der Waals surface area contributed by atoms with Crippen LogP contribution in [0.25, 0.3) is 22.4 Å².